The van der Waals surface area contributed by atoms with Crippen LogP contribution >= 0.6 is 11.6 Å². The number of rotatable bonds is 6. The molecule has 0 fully saturated rings. The summed E-state index contributed by atoms with van der Waals surface area (Å²) in [5.74, 6) is -0.108. The second kappa shape index (κ2) is 8.67. The van der Waals surface area contributed by atoms with Gasteiger partial charge in [-0.05, 0) is 49.6 Å². The lowest BCUT2D eigenvalue weighted by atomic mass is 10.0. The van der Waals surface area contributed by atoms with Crippen molar-refractivity contribution in [3.8, 4) is 11.4 Å². The zero-order valence-electron chi connectivity index (χ0n) is 17.0. The van der Waals surface area contributed by atoms with Crippen LogP contribution in [0.3, 0.4) is 0 Å². The molecule has 0 bridgehead atoms. The molecule has 4 rings (SSSR count). The molecule has 1 atom stereocenters. The van der Waals surface area contributed by atoms with E-state index >= 15 is 0 Å². The van der Waals surface area contributed by atoms with Crippen LogP contribution in [0.15, 0.2) is 66.9 Å². The zero-order valence-corrected chi connectivity index (χ0v) is 17.7. The Balaban J connectivity index is 1.58. The third-order valence-electron chi connectivity index (χ3n) is 5.23. The summed E-state index contributed by atoms with van der Waals surface area (Å²) < 4.78 is 1.75. The maximum absolute atomic E-state index is 13.2. The first-order valence-electron chi connectivity index (χ1n) is 9.95. The van der Waals surface area contributed by atoms with E-state index < -0.39 is 0 Å². The number of benzene rings is 2. The quantitative estimate of drug-likeness (QED) is 0.477. The molecule has 4 aromatic rings. The minimum atomic E-state index is -0.108. The standard InChI is InChI=1S/C24H23ClN4O/c1-16(11-12-17-7-3-5-9-20(17)25)27-24(30)19-15-22(23-13-14-26-29(23)2)28-21-10-6-4-8-18(19)21/h3-10,13-16H,11-12H2,1-2H3,(H,27,30)/t16-/m0/s1. The number of fused-ring (bicyclic) bond motifs is 1. The molecule has 30 heavy (non-hydrogen) atoms. The molecular formula is C24H23ClN4O. The summed E-state index contributed by atoms with van der Waals surface area (Å²) in [7, 11) is 1.86. The van der Waals surface area contributed by atoms with Gasteiger partial charge in [-0.25, -0.2) is 4.98 Å². The normalized spacial score (nSPS) is 12.1. The Bertz CT molecular complexity index is 1200. The number of aryl methyl sites for hydroxylation is 2. The van der Waals surface area contributed by atoms with Gasteiger partial charge < -0.3 is 5.32 Å². The summed E-state index contributed by atoms with van der Waals surface area (Å²) in [5, 5.41) is 8.95. The number of nitrogens with one attached hydrogen (secondary N) is 1. The van der Waals surface area contributed by atoms with Gasteiger partial charge >= 0.3 is 0 Å². The second-order valence-electron chi connectivity index (χ2n) is 7.42. The molecule has 0 aliphatic carbocycles. The van der Waals surface area contributed by atoms with E-state index in [1.165, 1.54) is 0 Å². The topological polar surface area (TPSA) is 59.8 Å². The molecule has 6 heteroatoms. The number of aromatic nitrogens is 3. The molecule has 0 unspecified atom stereocenters. The first-order valence-corrected chi connectivity index (χ1v) is 10.3. The molecule has 0 saturated carbocycles. The highest BCUT2D eigenvalue weighted by atomic mass is 35.5. The van der Waals surface area contributed by atoms with E-state index in [0.29, 0.717) is 5.56 Å². The molecule has 1 N–H and O–H groups in total. The number of pyridine rings is 1. The van der Waals surface area contributed by atoms with Crippen LogP contribution in [-0.4, -0.2) is 26.7 Å². The van der Waals surface area contributed by atoms with Crippen molar-refractivity contribution in [1.82, 2.24) is 20.1 Å². The number of hydrogen-bond donors (Lipinski definition) is 1. The largest absolute Gasteiger partial charge is 0.350 e. The van der Waals surface area contributed by atoms with Crippen LogP contribution in [0, 0.1) is 0 Å². The minimum Gasteiger partial charge on any atom is -0.350 e. The highest BCUT2D eigenvalue weighted by molar-refractivity contribution is 6.31. The Morgan fingerprint density at radius 1 is 1.13 bits per heavy atom. The molecular weight excluding hydrogens is 396 g/mol. The summed E-state index contributed by atoms with van der Waals surface area (Å²) in [6, 6.07) is 19.3. The maximum Gasteiger partial charge on any atom is 0.252 e. The van der Waals surface area contributed by atoms with Gasteiger partial charge in [-0.15, -0.1) is 0 Å². The van der Waals surface area contributed by atoms with Gasteiger partial charge in [0.2, 0.25) is 0 Å². The highest BCUT2D eigenvalue weighted by Crippen LogP contribution is 2.25. The molecule has 0 saturated heterocycles. The number of carbonyl (C=O) groups excluding carboxylic acids is 1. The average molecular weight is 419 g/mol. The van der Waals surface area contributed by atoms with Crippen LogP contribution in [0.1, 0.15) is 29.3 Å². The van der Waals surface area contributed by atoms with Crippen molar-refractivity contribution in [3.05, 3.63) is 83.0 Å². The van der Waals surface area contributed by atoms with Crippen molar-refractivity contribution >= 4 is 28.4 Å². The first-order chi connectivity index (χ1) is 14.5. The van der Waals surface area contributed by atoms with Gasteiger partial charge in [0.1, 0.15) is 0 Å². The summed E-state index contributed by atoms with van der Waals surface area (Å²) >= 11 is 6.25. The van der Waals surface area contributed by atoms with E-state index in [1.807, 2.05) is 74.6 Å². The van der Waals surface area contributed by atoms with Crippen molar-refractivity contribution in [2.45, 2.75) is 25.8 Å². The molecule has 0 spiro atoms. The summed E-state index contributed by atoms with van der Waals surface area (Å²) in [5.41, 5.74) is 4.07. The fraction of sp³-hybridized carbons (Fsp3) is 0.208. The van der Waals surface area contributed by atoms with E-state index in [1.54, 1.807) is 10.9 Å². The van der Waals surface area contributed by atoms with E-state index in [4.69, 9.17) is 16.6 Å². The van der Waals surface area contributed by atoms with Gasteiger partial charge in [0, 0.05) is 29.7 Å². The van der Waals surface area contributed by atoms with Crippen LogP contribution in [0.4, 0.5) is 0 Å². The van der Waals surface area contributed by atoms with Crippen LogP contribution in [0.5, 0.6) is 0 Å². The van der Waals surface area contributed by atoms with Crippen LogP contribution in [0.2, 0.25) is 5.02 Å². The number of hydrogen-bond acceptors (Lipinski definition) is 3. The average Bonchev–Trinajstić information content (AvgIpc) is 3.18. The lowest BCUT2D eigenvalue weighted by Gasteiger charge is -2.16. The zero-order chi connectivity index (χ0) is 21.1. The lowest BCUT2D eigenvalue weighted by molar-refractivity contribution is 0.0940. The monoisotopic (exact) mass is 418 g/mol. The van der Waals surface area contributed by atoms with E-state index in [2.05, 4.69) is 10.4 Å². The number of para-hydroxylation sites is 1. The molecule has 0 aliphatic heterocycles. The Labute approximate surface area is 180 Å². The fourth-order valence-corrected chi connectivity index (χ4v) is 3.80. The number of halogens is 1. The molecule has 1 amide bonds. The van der Waals surface area contributed by atoms with Crippen molar-refractivity contribution in [2.24, 2.45) is 7.05 Å². The van der Waals surface area contributed by atoms with Crippen LogP contribution < -0.4 is 5.32 Å². The van der Waals surface area contributed by atoms with Gasteiger partial charge in [0.15, 0.2) is 0 Å². The van der Waals surface area contributed by atoms with E-state index in [-0.39, 0.29) is 11.9 Å². The molecule has 152 valence electrons. The minimum absolute atomic E-state index is 0.000790. The third kappa shape index (κ3) is 4.21. The SMILES string of the molecule is C[C@@H](CCc1ccccc1Cl)NC(=O)c1cc(-c2ccnn2C)nc2ccccc12. The highest BCUT2D eigenvalue weighted by Gasteiger charge is 2.17. The summed E-state index contributed by atoms with van der Waals surface area (Å²) in [4.78, 5) is 17.9. The van der Waals surface area contributed by atoms with Crippen molar-refractivity contribution < 1.29 is 4.79 Å². The van der Waals surface area contributed by atoms with E-state index in [0.717, 1.165) is 45.7 Å². The Morgan fingerprint density at radius 2 is 1.90 bits per heavy atom. The van der Waals surface area contributed by atoms with Gasteiger partial charge in [-0.2, -0.15) is 5.10 Å². The van der Waals surface area contributed by atoms with Crippen LogP contribution in [-0.2, 0) is 13.5 Å². The smallest absolute Gasteiger partial charge is 0.252 e. The van der Waals surface area contributed by atoms with Gasteiger partial charge in [-0.3, -0.25) is 9.48 Å². The van der Waals surface area contributed by atoms with Crippen LogP contribution in [0.25, 0.3) is 22.3 Å². The molecule has 2 heterocycles. The van der Waals surface area contributed by atoms with Crippen molar-refractivity contribution in [2.75, 3.05) is 0 Å². The number of carbonyl (C=O) groups is 1. The summed E-state index contributed by atoms with van der Waals surface area (Å²) in [6.07, 6.45) is 3.33. The van der Waals surface area contributed by atoms with E-state index in [9.17, 15) is 4.79 Å². The molecule has 5 nitrogen and oxygen atoms in total. The number of nitrogens with zero attached hydrogens (tertiary/aromatic N) is 3. The predicted molar refractivity (Wildman–Crippen MR) is 121 cm³/mol. The Kier molecular flexibility index (Phi) is 5.81. The number of amides is 1. The van der Waals surface area contributed by atoms with Gasteiger partial charge in [-0.1, -0.05) is 48.0 Å². The Morgan fingerprint density at radius 3 is 2.67 bits per heavy atom. The summed E-state index contributed by atoms with van der Waals surface area (Å²) in [6.45, 7) is 2.01. The van der Waals surface area contributed by atoms with Crippen molar-refractivity contribution in [1.29, 1.82) is 0 Å². The maximum atomic E-state index is 13.2. The lowest BCUT2D eigenvalue weighted by Crippen LogP contribution is -2.33. The molecule has 0 aliphatic rings. The predicted octanol–water partition coefficient (Wildman–Crippen LogP) is 5.04. The second-order valence-corrected chi connectivity index (χ2v) is 7.82. The molecule has 2 aromatic heterocycles. The van der Waals surface area contributed by atoms with Gasteiger partial charge in [0.25, 0.3) is 5.91 Å². The third-order valence-corrected chi connectivity index (χ3v) is 5.59. The fourth-order valence-electron chi connectivity index (χ4n) is 3.57. The Hall–Kier alpha value is -3.18. The van der Waals surface area contributed by atoms with Gasteiger partial charge in [0.05, 0.1) is 22.5 Å². The van der Waals surface area contributed by atoms with Crippen molar-refractivity contribution in [3.63, 3.8) is 0 Å². The first kappa shape index (κ1) is 20.1. The molecule has 0 radical (unpaired) electrons. The molecule has 2 aromatic carbocycles.